The number of aryl methyl sites for hydroxylation is 1. The molecular weight excluding hydrogens is 256 g/mol. The molecule has 1 unspecified atom stereocenters. The zero-order valence-corrected chi connectivity index (χ0v) is 11.9. The monoisotopic (exact) mass is 276 g/mol. The molecule has 0 bridgehead atoms. The molecule has 0 saturated heterocycles. The van der Waals surface area contributed by atoms with Crippen molar-refractivity contribution in [1.82, 2.24) is 15.1 Å². The number of aromatic nitrogens is 3. The third kappa shape index (κ3) is 4.03. The maximum atomic E-state index is 5.89. The van der Waals surface area contributed by atoms with Crippen molar-refractivity contribution in [3.63, 3.8) is 0 Å². The van der Waals surface area contributed by atoms with Crippen LogP contribution in [0, 0.1) is 0 Å². The second-order valence-electron chi connectivity index (χ2n) is 4.60. The molecular formula is C14H20N4O2. The van der Waals surface area contributed by atoms with Gasteiger partial charge in [-0.2, -0.15) is 4.98 Å². The van der Waals surface area contributed by atoms with Crippen molar-refractivity contribution in [3.05, 3.63) is 35.7 Å². The van der Waals surface area contributed by atoms with Gasteiger partial charge in [0.15, 0.2) is 6.61 Å². The van der Waals surface area contributed by atoms with E-state index in [0.717, 1.165) is 25.0 Å². The fourth-order valence-electron chi connectivity index (χ4n) is 1.67. The molecule has 0 aliphatic rings. The first-order chi connectivity index (χ1) is 9.71. The van der Waals surface area contributed by atoms with E-state index in [1.54, 1.807) is 6.20 Å². The molecule has 6 heteroatoms. The van der Waals surface area contributed by atoms with Crippen LogP contribution in [0.1, 0.15) is 37.7 Å². The first kappa shape index (κ1) is 14.5. The Morgan fingerprint density at radius 2 is 2.20 bits per heavy atom. The van der Waals surface area contributed by atoms with E-state index in [9.17, 15) is 0 Å². The maximum Gasteiger partial charge on any atom is 0.226 e. The first-order valence-corrected chi connectivity index (χ1v) is 6.86. The number of nitrogens with zero attached hydrogens (tertiary/aromatic N) is 3. The van der Waals surface area contributed by atoms with Crippen molar-refractivity contribution in [1.29, 1.82) is 0 Å². The minimum atomic E-state index is 0.154. The Hall–Kier alpha value is -1.95. The van der Waals surface area contributed by atoms with Gasteiger partial charge in [-0.1, -0.05) is 19.0 Å². The lowest BCUT2D eigenvalue weighted by atomic mass is 10.1. The Bertz CT molecular complexity index is 524. The predicted octanol–water partition coefficient (Wildman–Crippen LogP) is 1.89. The second-order valence-corrected chi connectivity index (χ2v) is 4.60. The largest absolute Gasteiger partial charge is 0.484 e. The number of nitrogens with two attached hydrogens (primary N) is 1. The van der Waals surface area contributed by atoms with E-state index in [0.29, 0.717) is 17.5 Å². The van der Waals surface area contributed by atoms with Crippen LogP contribution in [0.4, 0.5) is 0 Å². The van der Waals surface area contributed by atoms with Gasteiger partial charge in [0, 0.05) is 24.6 Å². The molecule has 0 spiro atoms. The minimum Gasteiger partial charge on any atom is -0.484 e. The molecule has 2 aromatic rings. The van der Waals surface area contributed by atoms with Crippen molar-refractivity contribution >= 4 is 0 Å². The van der Waals surface area contributed by atoms with Crippen LogP contribution in [0.15, 0.2) is 22.9 Å². The molecule has 2 N–H and O–H groups in total. The summed E-state index contributed by atoms with van der Waals surface area (Å²) in [5, 5.41) is 3.82. The molecule has 6 nitrogen and oxygen atoms in total. The van der Waals surface area contributed by atoms with Crippen molar-refractivity contribution in [2.24, 2.45) is 5.73 Å². The third-order valence-electron chi connectivity index (χ3n) is 2.97. The summed E-state index contributed by atoms with van der Waals surface area (Å²) in [7, 11) is 0. The zero-order chi connectivity index (χ0) is 14.4. The van der Waals surface area contributed by atoms with E-state index < -0.39 is 0 Å². The fraction of sp³-hybridized carbons (Fsp3) is 0.500. The third-order valence-corrected chi connectivity index (χ3v) is 2.97. The van der Waals surface area contributed by atoms with Gasteiger partial charge >= 0.3 is 0 Å². The van der Waals surface area contributed by atoms with E-state index in [1.807, 2.05) is 19.1 Å². The van der Waals surface area contributed by atoms with Crippen LogP contribution in [0.5, 0.6) is 5.75 Å². The molecule has 0 radical (unpaired) electrons. The van der Waals surface area contributed by atoms with Gasteiger partial charge in [-0.05, 0) is 18.6 Å². The molecule has 0 amide bonds. The second kappa shape index (κ2) is 7.00. The summed E-state index contributed by atoms with van der Waals surface area (Å²) < 4.78 is 10.6. The van der Waals surface area contributed by atoms with Gasteiger partial charge in [0.2, 0.25) is 11.7 Å². The molecule has 0 aromatic carbocycles. The first-order valence-electron chi connectivity index (χ1n) is 6.86. The van der Waals surface area contributed by atoms with Crippen LogP contribution in [-0.4, -0.2) is 21.2 Å². The summed E-state index contributed by atoms with van der Waals surface area (Å²) in [4.78, 5) is 8.50. The quantitative estimate of drug-likeness (QED) is 0.831. The van der Waals surface area contributed by atoms with Crippen molar-refractivity contribution < 1.29 is 9.26 Å². The van der Waals surface area contributed by atoms with Gasteiger partial charge in [-0.25, -0.2) is 0 Å². The van der Waals surface area contributed by atoms with E-state index in [1.165, 1.54) is 0 Å². The lowest BCUT2D eigenvalue weighted by molar-refractivity contribution is 0.284. The molecule has 2 heterocycles. The lowest BCUT2D eigenvalue weighted by Gasteiger charge is -2.08. The number of hydrogen-bond acceptors (Lipinski definition) is 6. The van der Waals surface area contributed by atoms with E-state index in [-0.39, 0.29) is 12.6 Å². The average Bonchev–Trinajstić information content (AvgIpc) is 2.94. The fourth-order valence-corrected chi connectivity index (χ4v) is 1.67. The van der Waals surface area contributed by atoms with E-state index in [2.05, 4.69) is 22.0 Å². The smallest absolute Gasteiger partial charge is 0.226 e. The van der Waals surface area contributed by atoms with Crippen LogP contribution in [0.25, 0.3) is 0 Å². The number of hydrogen-bond donors (Lipinski definition) is 1. The molecule has 2 rings (SSSR count). The number of rotatable bonds is 7. The summed E-state index contributed by atoms with van der Waals surface area (Å²) in [6, 6.07) is 3.96. The minimum absolute atomic E-state index is 0.154. The Balaban J connectivity index is 1.87. The van der Waals surface area contributed by atoms with Crippen molar-refractivity contribution in [2.45, 2.75) is 45.8 Å². The highest BCUT2D eigenvalue weighted by Crippen LogP contribution is 2.12. The zero-order valence-electron chi connectivity index (χ0n) is 11.9. The summed E-state index contributed by atoms with van der Waals surface area (Å²) in [5.74, 6) is 1.84. The van der Waals surface area contributed by atoms with Gasteiger partial charge < -0.3 is 15.0 Å². The predicted molar refractivity (Wildman–Crippen MR) is 74.2 cm³/mol. The van der Waals surface area contributed by atoms with Crippen LogP contribution in [-0.2, 0) is 19.4 Å². The lowest BCUT2D eigenvalue weighted by Crippen LogP contribution is -2.21. The SMILES string of the molecule is CCc1nc(COc2ccc(CC(N)CC)nc2)no1. The van der Waals surface area contributed by atoms with Crippen LogP contribution in [0.3, 0.4) is 0 Å². The van der Waals surface area contributed by atoms with Gasteiger partial charge in [-0.15, -0.1) is 0 Å². The summed E-state index contributed by atoms with van der Waals surface area (Å²) in [6.45, 7) is 4.30. The molecule has 0 aliphatic carbocycles. The highest BCUT2D eigenvalue weighted by atomic mass is 16.5. The Labute approximate surface area is 118 Å². The summed E-state index contributed by atoms with van der Waals surface area (Å²) in [5.41, 5.74) is 6.87. The average molecular weight is 276 g/mol. The molecule has 0 aliphatic heterocycles. The topological polar surface area (TPSA) is 87.1 Å². The number of pyridine rings is 1. The van der Waals surface area contributed by atoms with E-state index >= 15 is 0 Å². The summed E-state index contributed by atoms with van der Waals surface area (Å²) in [6.07, 6.45) is 4.14. The highest BCUT2D eigenvalue weighted by molar-refractivity contribution is 5.20. The highest BCUT2D eigenvalue weighted by Gasteiger charge is 2.06. The van der Waals surface area contributed by atoms with Gasteiger partial charge in [0.05, 0.1) is 6.20 Å². The molecule has 108 valence electrons. The molecule has 20 heavy (non-hydrogen) atoms. The normalized spacial score (nSPS) is 12.3. The Morgan fingerprint density at radius 1 is 1.35 bits per heavy atom. The molecule has 2 aromatic heterocycles. The molecule has 0 fully saturated rings. The van der Waals surface area contributed by atoms with E-state index in [4.69, 9.17) is 15.0 Å². The number of ether oxygens (including phenoxy) is 1. The molecule has 1 atom stereocenters. The van der Waals surface area contributed by atoms with Gasteiger partial charge in [-0.3, -0.25) is 4.98 Å². The Morgan fingerprint density at radius 3 is 2.80 bits per heavy atom. The Kier molecular flexibility index (Phi) is 5.06. The van der Waals surface area contributed by atoms with Crippen molar-refractivity contribution in [2.75, 3.05) is 0 Å². The standard InChI is InChI=1S/C14H20N4O2/c1-3-10(15)7-11-5-6-12(8-16-11)19-9-13-17-14(4-2)20-18-13/h5-6,8,10H,3-4,7,9,15H2,1-2H3. The van der Waals surface area contributed by atoms with Crippen LogP contribution < -0.4 is 10.5 Å². The van der Waals surface area contributed by atoms with Crippen molar-refractivity contribution in [3.8, 4) is 5.75 Å². The van der Waals surface area contributed by atoms with Gasteiger partial charge in [0.1, 0.15) is 5.75 Å². The van der Waals surface area contributed by atoms with Crippen LogP contribution in [0.2, 0.25) is 0 Å². The van der Waals surface area contributed by atoms with Gasteiger partial charge in [0.25, 0.3) is 0 Å². The summed E-state index contributed by atoms with van der Waals surface area (Å²) >= 11 is 0. The van der Waals surface area contributed by atoms with Crippen LogP contribution >= 0.6 is 0 Å². The maximum absolute atomic E-state index is 5.89. The molecule has 0 saturated carbocycles.